The monoisotopic (exact) mass is 339 g/mol. The van der Waals surface area contributed by atoms with Crippen LogP contribution in [-0.4, -0.2) is 30.3 Å². The maximum atomic E-state index is 12.3. The van der Waals surface area contributed by atoms with Gasteiger partial charge in [-0.1, -0.05) is 17.7 Å². The molecule has 0 radical (unpaired) electrons. The van der Waals surface area contributed by atoms with Crippen LogP contribution in [-0.2, 0) is 0 Å². The highest BCUT2D eigenvalue weighted by atomic mass is 16.5. The van der Waals surface area contributed by atoms with E-state index in [1.165, 1.54) is 7.11 Å². The van der Waals surface area contributed by atoms with Gasteiger partial charge in [0.05, 0.1) is 14.2 Å². The van der Waals surface area contributed by atoms with E-state index in [0.29, 0.717) is 17.2 Å². The van der Waals surface area contributed by atoms with Crippen LogP contribution in [0.4, 0.5) is 5.69 Å². The van der Waals surface area contributed by atoms with Crippen molar-refractivity contribution in [3.63, 3.8) is 0 Å². The van der Waals surface area contributed by atoms with E-state index in [9.17, 15) is 4.79 Å². The Bertz CT molecular complexity index is 888. The van der Waals surface area contributed by atoms with E-state index in [0.717, 1.165) is 11.1 Å². The van der Waals surface area contributed by atoms with Gasteiger partial charge in [0.15, 0.2) is 11.5 Å². The number of anilines is 1. The van der Waals surface area contributed by atoms with E-state index in [4.69, 9.17) is 13.9 Å². The lowest BCUT2D eigenvalue weighted by Gasteiger charge is -2.09. The number of amides is 1. The highest BCUT2D eigenvalue weighted by molar-refractivity contribution is 6.01. The molecule has 0 spiro atoms. The molecule has 0 saturated heterocycles. The second kappa shape index (κ2) is 7.04. The summed E-state index contributed by atoms with van der Waals surface area (Å²) in [7, 11) is 3.07. The summed E-state index contributed by atoms with van der Waals surface area (Å²) in [5.41, 5.74) is 2.40. The molecule has 0 aliphatic rings. The molecule has 1 aromatic heterocycles. The van der Waals surface area contributed by atoms with Crippen molar-refractivity contribution in [3.05, 3.63) is 53.9 Å². The number of carbonyl (C=O) groups is 1. The van der Waals surface area contributed by atoms with Crippen LogP contribution in [0, 0.1) is 6.92 Å². The van der Waals surface area contributed by atoms with Gasteiger partial charge in [-0.2, -0.15) is 0 Å². The summed E-state index contributed by atoms with van der Waals surface area (Å²) in [5.74, 6) is 0.743. The minimum Gasteiger partial charge on any atom is -0.493 e. The summed E-state index contributed by atoms with van der Waals surface area (Å²) < 4.78 is 15.8. The maximum Gasteiger partial charge on any atom is 0.313 e. The Morgan fingerprint density at radius 1 is 1.00 bits per heavy atom. The quantitative estimate of drug-likeness (QED) is 0.767. The Labute approximate surface area is 144 Å². The van der Waals surface area contributed by atoms with Crippen molar-refractivity contribution in [1.82, 2.24) is 10.2 Å². The average Bonchev–Trinajstić information content (AvgIpc) is 3.12. The minimum absolute atomic E-state index is 0.120. The van der Waals surface area contributed by atoms with E-state index in [1.807, 2.05) is 31.2 Å². The molecular weight excluding hydrogens is 322 g/mol. The van der Waals surface area contributed by atoms with Crippen molar-refractivity contribution < 1.29 is 18.7 Å². The van der Waals surface area contributed by atoms with E-state index in [2.05, 4.69) is 15.5 Å². The van der Waals surface area contributed by atoms with Crippen molar-refractivity contribution in [2.75, 3.05) is 19.5 Å². The zero-order valence-corrected chi connectivity index (χ0v) is 14.1. The van der Waals surface area contributed by atoms with Crippen LogP contribution in [0.1, 0.15) is 16.2 Å². The molecule has 7 heteroatoms. The lowest BCUT2D eigenvalue weighted by Crippen LogP contribution is -2.12. The van der Waals surface area contributed by atoms with Crippen LogP contribution in [0.2, 0.25) is 0 Å². The zero-order valence-electron chi connectivity index (χ0n) is 14.1. The van der Waals surface area contributed by atoms with Gasteiger partial charge in [0.25, 0.3) is 0 Å². The summed E-state index contributed by atoms with van der Waals surface area (Å²) in [5, 5.41) is 10.4. The molecule has 0 fully saturated rings. The second-order valence-electron chi connectivity index (χ2n) is 5.30. The number of benzene rings is 2. The third-order valence-corrected chi connectivity index (χ3v) is 3.56. The van der Waals surface area contributed by atoms with Gasteiger partial charge in [-0.15, -0.1) is 10.2 Å². The number of ether oxygens (including phenoxy) is 2. The number of rotatable bonds is 5. The normalized spacial score (nSPS) is 10.4. The Hall–Kier alpha value is -3.35. The van der Waals surface area contributed by atoms with Gasteiger partial charge in [0.1, 0.15) is 0 Å². The van der Waals surface area contributed by atoms with E-state index >= 15 is 0 Å². The van der Waals surface area contributed by atoms with Crippen molar-refractivity contribution >= 4 is 11.6 Å². The van der Waals surface area contributed by atoms with Gasteiger partial charge in [0, 0.05) is 17.3 Å². The van der Waals surface area contributed by atoms with E-state index in [-0.39, 0.29) is 11.8 Å². The number of nitrogens with zero attached hydrogens (tertiary/aromatic N) is 2. The number of aryl methyl sites for hydroxylation is 1. The third kappa shape index (κ3) is 3.60. The molecule has 0 aliphatic heterocycles. The van der Waals surface area contributed by atoms with Crippen molar-refractivity contribution in [3.8, 4) is 23.0 Å². The Morgan fingerprint density at radius 2 is 1.72 bits per heavy atom. The smallest absolute Gasteiger partial charge is 0.313 e. The SMILES string of the molecule is COc1ccc(NC(=O)c2nnc(-c3ccc(C)cc3)o2)cc1OC. The molecule has 25 heavy (non-hydrogen) atoms. The molecule has 0 bridgehead atoms. The van der Waals surface area contributed by atoms with Crippen molar-refractivity contribution in [2.24, 2.45) is 0 Å². The molecule has 3 aromatic rings. The van der Waals surface area contributed by atoms with Gasteiger partial charge < -0.3 is 19.2 Å². The lowest BCUT2D eigenvalue weighted by atomic mass is 10.1. The fraction of sp³-hybridized carbons (Fsp3) is 0.167. The fourth-order valence-corrected chi connectivity index (χ4v) is 2.23. The molecule has 128 valence electrons. The number of hydrogen-bond acceptors (Lipinski definition) is 6. The van der Waals surface area contributed by atoms with Crippen LogP contribution in [0.25, 0.3) is 11.5 Å². The minimum atomic E-state index is -0.502. The number of nitrogens with one attached hydrogen (secondary N) is 1. The average molecular weight is 339 g/mol. The van der Waals surface area contributed by atoms with Gasteiger partial charge >= 0.3 is 11.8 Å². The van der Waals surface area contributed by atoms with Crippen LogP contribution >= 0.6 is 0 Å². The molecule has 1 amide bonds. The molecule has 2 aromatic carbocycles. The van der Waals surface area contributed by atoms with Gasteiger partial charge in [0.2, 0.25) is 5.89 Å². The molecule has 0 atom stereocenters. The molecule has 1 N–H and O–H groups in total. The summed E-state index contributed by atoms with van der Waals surface area (Å²) in [6, 6.07) is 12.6. The topological polar surface area (TPSA) is 86.5 Å². The molecule has 0 saturated carbocycles. The zero-order chi connectivity index (χ0) is 17.8. The summed E-state index contributed by atoms with van der Waals surface area (Å²) >= 11 is 0. The van der Waals surface area contributed by atoms with E-state index in [1.54, 1.807) is 25.3 Å². The maximum absolute atomic E-state index is 12.3. The van der Waals surface area contributed by atoms with Crippen molar-refractivity contribution in [1.29, 1.82) is 0 Å². The Balaban J connectivity index is 1.77. The predicted molar refractivity (Wildman–Crippen MR) is 92.0 cm³/mol. The Morgan fingerprint density at radius 3 is 2.40 bits per heavy atom. The highest BCUT2D eigenvalue weighted by Gasteiger charge is 2.17. The number of methoxy groups -OCH3 is 2. The van der Waals surface area contributed by atoms with Crippen LogP contribution in [0.3, 0.4) is 0 Å². The molecule has 1 heterocycles. The molecule has 0 aliphatic carbocycles. The van der Waals surface area contributed by atoms with Gasteiger partial charge in [-0.25, -0.2) is 0 Å². The Kier molecular flexibility index (Phi) is 4.65. The molecule has 0 unspecified atom stereocenters. The first-order valence-electron chi connectivity index (χ1n) is 7.54. The third-order valence-electron chi connectivity index (χ3n) is 3.56. The first-order valence-corrected chi connectivity index (χ1v) is 7.54. The first-order chi connectivity index (χ1) is 12.1. The number of carbonyl (C=O) groups excluding carboxylic acids is 1. The van der Waals surface area contributed by atoms with Gasteiger partial charge in [-0.05, 0) is 31.2 Å². The number of aromatic nitrogens is 2. The number of hydrogen-bond donors (Lipinski definition) is 1. The largest absolute Gasteiger partial charge is 0.493 e. The van der Waals surface area contributed by atoms with Gasteiger partial charge in [-0.3, -0.25) is 4.79 Å². The highest BCUT2D eigenvalue weighted by Crippen LogP contribution is 2.30. The fourth-order valence-electron chi connectivity index (χ4n) is 2.23. The van der Waals surface area contributed by atoms with Crippen molar-refractivity contribution in [2.45, 2.75) is 6.92 Å². The van der Waals surface area contributed by atoms with Crippen LogP contribution < -0.4 is 14.8 Å². The molecule has 7 nitrogen and oxygen atoms in total. The predicted octanol–water partition coefficient (Wildman–Crippen LogP) is 3.31. The first kappa shape index (κ1) is 16.5. The second-order valence-corrected chi connectivity index (χ2v) is 5.30. The summed E-state index contributed by atoms with van der Waals surface area (Å²) in [4.78, 5) is 12.3. The summed E-state index contributed by atoms with van der Waals surface area (Å²) in [6.45, 7) is 1.99. The molecular formula is C18H17N3O4. The van der Waals surface area contributed by atoms with Crippen LogP contribution in [0.15, 0.2) is 46.9 Å². The standard InChI is InChI=1S/C18H17N3O4/c1-11-4-6-12(7-5-11)17-20-21-18(25-17)16(22)19-13-8-9-14(23-2)15(10-13)24-3/h4-10H,1-3H3,(H,19,22). The van der Waals surface area contributed by atoms with E-state index < -0.39 is 5.91 Å². The summed E-state index contributed by atoms with van der Waals surface area (Å²) in [6.07, 6.45) is 0. The molecule has 3 rings (SSSR count). The lowest BCUT2D eigenvalue weighted by molar-refractivity contribution is 0.0991. The van der Waals surface area contributed by atoms with Crippen LogP contribution in [0.5, 0.6) is 11.5 Å².